The maximum absolute atomic E-state index is 11.6. The fraction of sp³-hybridized carbons (Fsp3) is 0.818. The second-order valence-corrected chi connectivity index (χ2v) is 4.17. The number of aliphatic carboxylic acids is 1. The summed E-state index contributed by atoms with van der Waals surface area (Å²) < 4.78 is 4.96. The van der Waals surface area contributed by atoms with Crippen molar-refractivity contribution in [3.05, 3.63) is 0 Å². The fourth-order valence-corrected chi connectivity index (χ4v) is 1.31. The van der Waals surface area contributed by atoms with Crippen molar-refractivity contribution in [2.24, 2.45) is 5.92 Å². The number of amides is 2. The highest BCUT2D eigenvalue weighted by atomic mass is 16.5. The van der Waals surface area contributed by atoms with Crippen LogP contribution in [-0.2, 0) is 9.53 Å². The Balaban J connectivity index is 3.70. The van der Waals surface area contributed by atoms with Crippen molar-refractivity contribution in [1.82, 2.24) is 10.2 Å². The lowest BCUT2D eigenvalue weighted by Gasteiger charge is -2.19. The van der Waals surface area contributed by atoms with E-state index in [1.54, 1.807) is 14.2 Å². The van der Waals surface area contributed by atoms with Gasteiger partial charge in [0.2, 0.25) is 0 Å². The van der Waals surface area contributed by atoms with Gasteiger partial charge < -0.3 is 20.1 Å². The van der Waals surface area contributed by atoms with Crippen LogP contribution in [0.25, 0.3) is 0 Å². The highest BCUT2D eigenvalue weighted by Crippen LogP contribution is 1.96. The quantitative estimate of drug-likeness (QED) is 0.663. The molecule has 0 fully saturated rings. The van der Waals surface area contributed by atoms with Crippen LogP contribution in [-0.4, -0.2) is 55.9 Å². The van der Waals surface area contributed by atoms with E-state index in [2.05, 4.69) is 5.32 Å². The minimum Gasteiger partial charge on any atom is -0.481 e. The number of hydrogen-bond acceptors (Lipinski definition) is 3. The Labute approximate surface area is 102 Å². The lowest BCUT2D eigenvalue weighted by molar-refractivity contribution is -0.137. The van der Waals surface area contributed by atoms with E-state index in [9.17, 15) is 9.59 Å². The van der Waals surface area contributed by atoms with E-state index in [-0.39, 0.29) is 18.4 Å². The molecule has 1 atom stereocenters. The van der Waals surface area contributed by atoms with Crippen LogP contribution >= 0.6 is 0 Å². The Bertz CT molecular complexity index is 246. The van der Waals surface area contributed by atoms with E-state index in [0.29, 0.717) is 26.1 Å². The molecule has 0 aliphatic carbocycles. The van der Waals surface area contributed by atoms with Gasteiger partial charge in [-0.3, -0.25) is 4.79 Å². The van der Waals surface area contributed by atoms with E-state index in [4.69, 9.17) is 9.84 Å². The molecular weight excluding hydrogens is 224 g/mol. The third-order valence-electron chi connectivity index (χ3n) is 2.28. The Morgan fingerprint density at radius 1 is 1.47 bits per heavy atom. The molecule has 6 nitrogen and oxygen atoms in total. The number of carboxylic acids is 1. The summed E-state index contributed by atoms with van der Waals surface area (Å²) in [6, 6.07) is -0.182. The van der Waals surface area contributed by atoms with Gasteiger partial charge in [-0.1, -0.05) is 6.92 Å². The molecule has 0 aromatic carbocycles. The van der Waals surface area contributed by atoms with Gasteiger partial charge in [-0.25, -0.2) is 4.79 Å². The number of ether oxygens (including phenoxy) is 1. The average molecular weight is 246 g/mol. The second kappa shape index (κ2) is 8.81. The highest BCUT2D eigenvalue weighted by Gasteiger charge is 2.10. The van der Waals surface area contributed by atoms with Gasteiger partial charge >= 0.3 is 12.0 Å². The number of hydrogen-bond donors (Lipinski definition) is 2. The zero-order valence-corrected chi connectivity index (χ0v) is 10.7. The van der Waals surface area contributed by atoms with Crippen LogP contribution in [0, 0.1) is 5.92 Å². The Morgan fingerprint density at radius 2 is 2.12 bits per heavy atom. The van der Waals surface area contributed by atoms with E-state index in [1.807, 2.05) is 6.92 Å². The zero-order valence-electron chi connectivity index (χ0n) is 10.7. The Hall–Kier alpha value is -1.30. The summed E-state index contributed by atoms with van der Waals surface area (Å²) in [5.41, 5.74) is 0. The number of carbonyl (C=O) groups is 2. The molecule has 0 spiro atoms. The number of methoxy groups -OCH3 is 1. The first-order valence-electron chi connectivity index (χ1n) is 5.67. The summed E-state index contributed by atoms with van der Waals surface area (Å²) in [4.78, 5) is 23.3. The molecule has 1 unspecified atom stereocenters. The first-order chi connectivity index (χ1) is 7.97. The molecule has 0 aliphatic rings. The van der Waals surface area contributed by atoms with Crippen LogP contribution in [0.1, 0.15) is 19.8 Å². The molecule has 2 amide bonds. The van der Waals surface area contributed by atoms with Crippen molar-refractivity contribution >= 4 is 12.0 Å². The number of nitrogens with zero attached hydrogens (tertiary/aromatic N) is 1. The number of carbonyl (C=O) groups excluding carboxylic acids is 1. The van der Waals surface area contributed by atoms with Crippen molar-refractivity contribution in [3.63, 3.8) is 0 Å². The predicted octanol–water partition coefficient (Wildman–Crippen LogP) is 0.775. The summed E-state index contributed by atoms with van der Waals surface area (Å²) in [5, 5.41) is 11.2. The van der Waals surface area contributed by atoms with Gasteiger partial charge in [0.25, 0.3) is 0 Å². The van der Waals surface area contributed by atoms with Gasteiger partial charge in [-0.2, -0.15) is 0 Å². The maximum atomic E-state index is 11.6. The van der Waals surface area contributed by atoms with Crippen LogP contribution in [0.2, 0.25) is 0 Å². The number of urea groups is 1. The summed E-state index contributed by atoms with van der Waals surface area (Å²) in [7, 11) is 3.27. The molecule has 0 saturated carbocycles. The number of nitrogens with one attached hydrogen (secondary N) is 1. The van der Waals surface area contributed by atoms with Gasteiger partial charge in [-0.05, 0) is 12.3 Å². The molecule has 0 aliphatic heterocycles. The lowest BCUT2D eigenvalue weighted by atomic mass is 10.2. The minimum atomic E-state index is -0.840. The number of rotatable bonds is 8. The van der Waals surface area contributed by atoms with Crippen LogP contribution in [0.15, 0.2) is 0 Å². The summed E-state index contributed by atoms with van der Waals surface area (Å²) in [6.07, 6.45) is 0.546. The monoisotopic (exact) mass is 246 g/mol. The van der Waals surface area contributed by atoms with E-state index in [1.165, 1.54) is 4.90 Å². The molecule has 0 aromatic heterocycles. The summed E-state index contributed by atoms with van der Waals surface area (Å²) in [6.45, 7) is 3.57. The molecule has 17 heavy (non-hydrogen) atoms. The normalized spacial score (nSPS) is 11.9. The van der Waals surface area contributed by atoms with E-state index in [0.717, 1.165) is 0 Å². The molecular formula is C11H22N2O4. The van der Waals surface area contributed by atoms with Gasteiger partial charge in [0.15, 0.2) is 0 Å². The molecule has 100 valence electrons. The van der Waals surface area contributed by atoms with Crippen molar-refractivity contribution in [1.29, 1.82) is 0 Å². The summed E-state index contributed by atoms with van der Waals surface area (Å²) >= 11 is 0. The molecule has 0 heterocycles. The van der Waals surface area contributed by atoms with Crippen LogP contribution < -0.4 is 5.32 Å². The van der Waals surface area contributed by atoms with Crippen molar-refractivity contribution in [2.45, 2.75) is 19.8 Å². The summed E-state index contributed by atoms with van der Waals surface area (Å²) in [5.74, 6) is -0.580. The molecule has 2 N–H and O–H groups in total. The predicted molar refractivity (Wildman–Crippen MR) is 63.9 cm³/mol. The third-order valence-corrected chi connectivity index (χ3v) is 2.28. The molecule has 0 bridgehead atoms. The minimum absolute atomic E-state index is 0.0810. The number of carboxylic acid groups (broad SMARTS) is 1. The molecule has 6 heteroatoms. The maximum Gasteiger partial charge on any atom is 0.317 e. The lowest BCUT2D eigenvalue weighted by Crippen LogP contribution is -2.40. The van der Waals surface area contributed by atoms with Gasteiger partial charge in [-0.15, -0.1) is 0 Å². The van der Waals surface area contributed by atoms with Crippen molar-refractivity contribution < 1.29 is 19.4 Å². The van der Waals surface area contributed by atoms with E-state index >= 15 is 0 Å². The van der Waals surface area contributed by atoms with E-state index < -0.39 is 5.97 Å². The van der Waals surface area contributed by atoms with Gasteiger partial charge in [0.1, 0.15) is 0 Å². The van der Waals surface area contributed by atoms with Crippen molar-refractivity contribution in [2.75, 3.05) is 33.9 Å². The topological polar surface area (TPSA) is 78.9 Å². The highest BCUT2D eigenvalue weighted by molar-refractivity contribution is 5.73. The van der Waals surface area contributed by atoms with Crippen LogP contribution in [0.5, 0.6) is 0 Å². The molecule has 0 radical (unpaired) electrons. The second-order valence-electron chi connectivity index (χ2n) is 4.17. The van der Waals surface area contributed by atoms with Crippen LogP contribution in [0.4, 0.5) is 4.79 Å². The smallest absolute Gasteiger partial charge is 0.317 e. The van der Waals surface area contributed by atoms with Gasteiger partial charge in [0.05, 0.1) is 6.61 Å². The molecule has 0 aromatic rings. The van der Waals surface area contributed by atoms with Gasteiger partial charge in [0, 0.05) is 33.7 Å². The Kier molecular flexibility index (Phi) is 8.13. The molecule has 0 saturated heterocycles. The Morgan fingerprint density at radius 3 is 2.65 bits per heavy atom. The largest absolute Gasteiger partial charge is 0.481 e. The SMILES string of the molecule is COCC(C)CNC(=O)N(C)CCCC(=O)O. The standard InChI is InChI=1S/C11H22N2O4/c1-9(8-17-3)7-12-11(16)13(2)6-4-5-10(14)15/h9H,4-8H2,1-3H3,(H,12,16)(H,14,15). The first-order valence-corrected chi connectivity index (χ1v) is 5.67. The van der Waals surface area contributed by atoms with Crippen LogP contribution in [0.3, 0.4) is 0 Å². The zero-order chi connectivity index (χ0) is 13.3. The molecule has 0 rings (SSSR count). The average Bonchev–Trinajstić information content (AvgIpc) is 2.25. The third kappa shape index (κ3) is 8.50. The van der Waals surface area contributed by atoms with Crippen molar-refractivity contribution in [3.8, 4) is 0 Å². The fourth-order valence-electron chi connectivity index (χ4n) is 1.31. The first kappa shape index (κ1) is 15.7.